The number of aromatic nitrogens is 5. The molecule has 12 heteroatoms. The van der Waals surface area contributed by atoms with Gasteiger partial charge in [0.1, 0.15) is 17.2 Å². The second-order valence-corrected chi connectivity index (χ2v) is 13.0. The molecule has 6 heterocycles. The zero-order chi connectivity index (χ0) is 32.7. The minimum Gasteiger partial charge on any atom is -0.392 e. The van der Waals surface area contributed by atoms with E-state index in [4.69, 9.17) is 0 Å². The third kappa shape index (κ3) is 5.84. The minimum absolute atomic E-state index is 0.0981. The zero-order valence-corrected chi connectivity index (χ0v) is 27.2. The third-order valence-electron chi connectivity index (χ3n) is 9.28. The van der Waals surface area contributed by atoms with Crippen LogP contribution in [0.5, 0.6) is 0 Å². The lowest BCUT2D eigenvalue weighted by Crippen LogP contribution is -2.41. The number of aliphatic hydroxyl groups excluding tert-OH is 1. The Morgan fingerprint density at radius 3 is 2.61 bits per heavy atom. The van der Waals surface area contributed by atoms with E-state index in [0.29, 0.717) is 78.9 Å². The van der Waals surface area contributed by atoms with Crippen molar-refractivity contribution in [3.8, 4) is 11.1 Å². The molecule has 0 saturated heterocycles. The molecule has 0 aromatic carbocycles. The zero-order valence-electron chi connectivity index (χ0n) is 27.2. The highest BCUT2D eigenvalue weighted by Crippen LogP contribution is 2.34. The lowest BCUT2D eigenvalue weighted by Gasteiger charge is -2.29. The van der Waals surface area contributed by atoms with Crippen molar-refractivity contribution in [1.29, 1.82) is 0 Å². The summed E-state index contributed by atoms with van der Waals surface area (Å²) in [6.45, 7) is 10.8. The average Bonchev–Trinajstić information content (AvgIpc) is 3.65. The van der Waals surface area contributed by atoms with E-state index in [-0.39, 0.29) is 29.4 Å². The van der Waals surface area contributed by atoms with Crippen LogP contribution < -0.4 is 15.8 Å². The lowest BCUT2D eigenvalue weighted by atomic mass is 9.84. The summed E-state index contributed by atoms with van der Waals surface area (Å²) in [6.07, 6.45) is 7.79. The molecular formula is C34H42N8O4. The Balaban J connectivity index is 1.30. The Labute approximate surface area is 268 Å². The summed E-state index contributed by atoms with van der Waals surface area (Å²) in [5.74, 6) is 0.860. The van der Waals surface area contributed by atoms with Gasteiger partial charge in [0.15, 0.2) is 5.82 Å². The lowest BCUT2D eigenvalue weighted by molar-refractivity contribution is -0.132. The topological polar surface area (TPSA) is 131 Å². The second-order valence-electron chi connectivity index (χ2n) is 13.0. The van der Waals surface area contributed by atoms with E-state index in [2.05, 4.69) is 42.4 Å². The van der Waals surface area contributed by atoms with Gasteiger partial charge in [0.25, 0.3) is 11.5 Å². The highest BCUT2D eigenvalue weighted by molar-refractivity contribution is 6.06. The van der Waals surface area contributed by atoms with Gasteiger partial charge in [-0.25, -0.2) is 4.98 Å². The first-order valence-corrected chi connectivity index (χ1v) is 15.9. The number of aliphatic hydroxyl groups is 1. The largest absolute Gasteiger partial charge is 0.392 e. The molecule has 0 aliphatic carbocycles. The van der Waals surface area contributed by atoms with E-state index in [0.717, 1.165) is 24.1 Å². The van der Waals surface area contributed by atoms with Crippen molar-refractivity contribution in [1.82, 2.24) is 28.8 Å². The molecule has 2 aliphatic heterocycles. The number of nitrogens with one attached hydrogen (secondary N) is 1. The summed E-state index contributed by atoms with van der Waals surface area (Å²) in [7, 11) is 1.67. The van der Waals surface area contributed by atoms with Crippen LogP contribution in [-0.2, 0) is 44.5 Å². The third-order valence-corrected chi connectivity index (χ3v) is 9.28. The van der Waals surface area contributed by atoms with Crippen LogP contribution in [0.15, 0.2) is 47.7 Å². The quantitative estimate of drug-likeness (QED) is 0.286. The standard InChI is InChI=1S/C34H42N8O4/c1-6-30(44)40-11-13-42-24(20-40)16-29(37-42)36-27-15-23(19-38(5)32(27)45)25-8-9-35-31(26(25)21-43)41-12-10-39-18-22(14-28(39)33(41)46)17-34(3,4)7-2/h8-9,14-16,18-19,43H,6-7,10-13,17,20-21H2,1-5H3,(H,36,37). The first-order valence-electron chi connectivity index (χ1n) is 15.9. The average molecular weight is 627 g/mol. The van der Waals surface area contributed by atoms with E-state index in [9.17, 15) is 19.5 Å². The Hall–Kier alpha value is -4.71. The van der Waals surface area contributed by atoms with Crippen LogP contribution in [0.1, 0.15) is 67.8 Å². The molecular weight excluding hydrogens is 584 g/mol. The predicted molar refractivity (Wildman–Crippen MR) is 176 cm³/mol. The number of aryl methyl sites for hydroxylation is 1. The molecule has 0 unspecified atom stereocenters. The van der Waals surface area contributed by atoms with Crippen molar-refractivity contribution < 1.29 is 14.7 Å². The Morgan fingerprint density at radius 1 is 1.07 bits per heavy atom. The molecule has 4 aromatic heterocycles. The first kappa shape index (κ1) is 31.3. The number of hydrogen-bond acceptors (Lipinski definition) is 7. The normalized spacial score (nSPS) is 14.8. The number of fused-ring (bicyclic) bond motifs is 2. The van der Waals surface area contributed by atoms with Crippen molar-refractivity contribution in [3.63, 3.8) is 0 Å². The number of carbonyl (C=O) groups excluding carboxylic acids is 2. The maximum absolute atomic E-state index is 13.8. The summed E-state index contributed by atoms with van der Waals surface area (Å²) >= 11 is 0. The fourth-order valence-corrected chi connectivity index (χ4v) is 6.35. The molecule has 0 spiro atoms. The summed E-state index contributed by atoms with van der Waals surface area (Å²) in [4.78, 5) is 47.3. The Bertz CT molecular complexity index is 1870. The number of carbonyl (C=O) groups is 2. The molecule has 4 aromatic rings. The Morgan fingerprint density at radius 2 is 1.87 bits per heavy atom. The maximum atomic E-state index is 13.8. The molecule has 12 nitrogen and oxygen atoms in total. The van der Waals surface area contributed by atoms with Crippen LogP contribution in [0.3, 0.4) is 0 Å². The molecule has 0 bridgehead atoms. The molecule has 0 saturated carbocycles. The van der Waals surface area contributed by atoms with Crippen molar-refractivity contribution in [2.75, 3.05) is 23.3 Å². The van der Waals surface area contributed by atoms with Crippen LogP contribution in [0.25, 0.3) is 11.1 Å². The van der Waals surface area contributed by atoms with Crippen molar-refractivity contribution in [2.45, 2.75) is 73.2 Å². The number of amides is 2. The van der Waals surface area contributed by atoms with Gasteiger partial charge in [-0.2, -0.15) is 5.10 Å². The molecule has 2 amide bonds. The van der Waals surface area contributed by atoms with Crippen molar-refractivity contribution in [3.05, 3.63) is 75.7 Å². The van der Waals surface area contributed by atoms with Gasteiger partial charge in [-0.1, -0.05) is 34.1 Å². The first-order chi connectivity index (χ1) is 22.0. The van der Waals surface area contributed by atoms with Crippen LogP contribution in [0, 0.1) is 5.41 Å². The molecule has 46 heavy (non-hydrogen) atoms. The molecule has 6 rings (SSSR count). The summed E-state index contributed by atoms with van der Waals surface area (Å²) in [5.41, 5.74) is 4.70. The smallest absolute Gasteiger partial charge is 0.276 e. The second kappa shape index (κ2) is 12.2. The van der Waals surface area contributed by atoms with Gasteiger partial charge >= 0.3 is 0 Å². The number of nitrogens with zero attached hydrogens (tertiary/aromatic N) is 7. The van der Waals surface area contributed by atoms with Gasteiger partial charge in [-0.05, 0) is 41.2 Å². The van der Waals surface area contributed by atoms with Crippen LogP contribution in [0.4, 0.5) is 17.3 Å². The molecule has 2 N–H and O–H groups in total. The minimum atomic E-state index is -0.342. The number of anilines is 3. The monoisotopic (exact) mass is 626 g/mol. The molecule has 0 radical (unpaired) electrons. The molecule has 2 aliphatic rings. The van der Waals surface area contributed by atoms with E-state index in [1.54, 1.807) is 36.5 Å². The van der Waals surface area contributed by atoms with Crippen LogP contribution in [0.2, 0.25) is 0 Å². The van der Waals surface area contributed by atoms with Crippen LogP contribution >= 0.6 is 0 Å². The fraction of sp³-hybridized carbons (Fsp3) is 0.441. The SMILES string of the molecule is CCC(=O)N1CCn2nc(Nc3cc(-c4ccnc(N5CCn6cc(CC(C)(C)CC)cc6C5=O)c4CO)cn(C)c3=O)cc2C1. The number of pyridine rings is 2. The number of hydrogen-bond donors (Lipinski definition) is 2. The van der Waals surface area contributed by atoms with Gasteiger partial charge in [0.2, 0.25) is 5.91 Å². The summed E-state index contributed by atoms with van der Waals surface area (Å²) in [6, 6.07) is 7.36. The fourth-order valence-electron chi connectivity index (χ4n) is 6.35. The summed E-state index contributed by atoms with van der Waals surface area (Å²) < 4.78 is 5.35. The van der Waals surface area contributed by atoms with Crippen LogP contribution in [-0.4, -0.2) is 58.8 Å². The molecule has 0 atom stereocenters. The molecule has 242 valence electrons. The van der Waals surface area contributed by atoms with Crippen molar-refractivity contribution in [2.24, 2.45) is 12.5 Å². The van der Waals surface area contributed by atoms with Gasteiger partial charge in [-0.15, -0.1) is 0 Å². The Kier molecular flexibility index (Phi) is 8.32. The highest BCUT2D eigenvalue weighted by Gasteiger charge is 2.31. The molecule has 0 fully saturated rings. The van der Waals surface area contributed by atoms with E-state index in [1.807, 2.05) is 33.2 Å². The van der Waals surface area contributed by atoms with Crippen molar-refractivity contribution >= 4 is 29.1 Å². The van der Waals surface area contributed by atoms with E-state index < -0.39 is 0 Å². The summed E-state index contributed by atoms with van der Waals surface area (Å²) in [5, 5.41) is 18.4. The highest BCUT2D eigenvalue weighted by atomic mass is 16.3. The number of rotatable bonds is 9. The van der Waals surface area contributed by atoms with E-state index >= 15 is 0 Å². The predicted octanol–water partition coefficient (Wildman–Crippen LogP) is 4.07. The van der Waals surface area contributed by atoms with Gasteiger partial charge in [0, 0.05) is 68.9 Å². The van der Waals surface area contributed by atoms with Gasteiger partial charge in [-0.3, -0.25) is 24.0 Å². The van der Waals surface area contributed by atoms with E-state index in [1.165, 1.54) is 4.57 Å². The van der Waals surface area contributed by atoms with Gasteiger partial charge in [0.05, 0.1) is 25.4 Å². The maximum Gasteiger partial charge on any atom is 0.276 e. The van der Waals surface area contributed by atoms with Gasteiger partial charge < -0.3 is 24.5 Å².